The van der Waals surface area contributed by atoms with Gasteiger partial charge in [-0.25, -0.2) is 0 Å². The molecular formula is C14H22NO2P. The maximum Gasteiger partial charge on any atom is 0.251 e. The van der Waals surface area contributed by atoms with E-state index in [1.807, 2.05) is 37.3 Å². The lowest BCUT2D eigenvalue weighted by atomic mass is 9.95. The molecular weight excluding hydrogens is 245 g/mol. The zero-order chi connectivity index (χ0) is 13.1. The van der Waals surface area contributed by atoms with Crippen LogP contribution in [0.1, 0.15) is 39.0 Å². The van der Waals surface area contributed by atoms with Crippen LogP contribution in [0.3, 0.4) is 0 Å². The van der Waals surface area contributed by atoms with Gasteiger partial charge in [-0.15, -0.1) is 0 Å². The van der Waals surface area contributed by atoms with Gasteiger partial charge in [0.15, 0.2) is 0 Å². The molecule has 1 saturated carbocycles. The lowest BCUT2D eigenvalue weighted by molar-refractivity contribution is 0.287. The molecule has 0 aliphatic heterocycles. The summed E-state index contributed by atoms with van der Waals surface area (Å²) in [6.45, 7) is 2.31. The third-order valence-corrected chi connectivity index (χ3v) is 6.93. The van der Waals surface area contributed by atoms with Gasteiger partial charge in [0.2, 0.25) is 0 Å². The fraction of sp³-hybridized carbons (Fsp3) is 0.571. The lowest BCUT2D eigenvalue weighted by Gasteiger charge is -2.39. The maximum atomic E-state index is 13.3. The third-order valence-electron chi connectivity index (χ3n) is 3.71. The van der Waals surface area contributed by atoms with E-state index >= 15 is 0 Å². The van der Waals surface area contributed by atoms with Gasteiger partial charge >= 0.3 is 0 Å². The zero-order valence-corrected chi connectivity index (χ0v) is 11.9. The summed E-state index contributed by atoms with van der Waals surface area (Å²) in [5.74, 6) is 0. The Morgan fingerprint density at radius 2 is 1.83 bits per heavy atom. The molecule has 0 spiro atoms. The van der Waals surface area contributed by atoms with Gasteiger partial charge in [0, 0.05) is 5.30 Å². The second kappa shape index (κ2) is 5.56. The molecule has 1 fully saturated rings. The Labute approximate surface area is 109 Å². The SMILES string of the molecule is CCOP(=O)(c1ccccc1)C1(N)CCCCC1. The molecule has 1 unspecified atom stereocenters. The molecule has 1 atom stereocenters. The predicted molar refractivity (Wildman–Crippen MR) is 75.3 cm³/mol. The highest BCUT2D eigenvalue weighted by Crippen LogP contribution is 2.60. The molecule has 0 aromatic heterocycles. The molecule has 100 valence electrons. The molecule has 0 heterocycles. The number of hydrogen-bond acceptors (Lipinski definition) is 3. The van der Waals surface area contributed by atoms with Gasteiger partial charge in [-0.2, -0.15) is 0 Å². The van der Waals surface area contributed by atoms with Crippen molar-refractivity contribution in [1.29, 1.82) is 0 Å². The highest BCUT2D eigenvalue weighted by atomic mass is 31.2. The monoisotopic (exact) mass is 267 g/mol. The van der Waals surface area contributed by atoms with E-state index in [2.05, 4.69) is 0 Å². The van der Waals surface area contributed by atoms with Crippen LogP contribution in [0.2, 0.25) is 0 Å². The Balaban J connectivity index is 2.40. The van der Waals surface area contributed by atoms with Gasteiger partial charge in [-0.3, -0.25) is 4.57 Å². The molecule has 1 aliphatic carbocycles. The zero-order valence-electron chi connectivity index (χ0n) is 11.0. The average molecular weight is 267 g/mol. The predicted octanol–water partition coefficient (Wildman–Crippen LogP) is 3.25. The van der Waals surface area contributed by atoms with Crippen molar-refractivity contribution in [3.8, 4) is 0 Å². The van der Waals surface area contributed by atoms with E-state index in [1.54, 1.807) is 0 Å². The molecule has 4 heteroatoms. The summed E-state index contributed by atoms with van der Waals surface area (Å²) in [5, 5.41) is 0.0825. The average Bonchev–Trinajstić information content (AvgIpc) is 2.40. The van der Waals surface area contributed by atoms with Crippen LogP contribution < -0.4 is 11.0 Å². The fourth-order valence-corrected chi connectivity index (χ4v) is 5.48. The lowest BCUT2D eigenvalue weighted by Crippen LogP contribution is -2.44. The minimum atomic E-state index is -2.98. The van der Waals surface area contributed by atoms with Crippen LogP contribution in [0.5, 0.6) is 0 Å². The fourth-order valence-electron chi connectivity index (χ4n) is 2.72. The molecule has 2 rings (SSSR count). The van der Waals surface area contributed by atoms with E-state index < -0.39 is 12.6 Å². The summed E-state index contributed by atoms with van der Waals surface area (Å²) in [6, 6.07) is 9.46. The van der Waals surface area contributed by atoms with Crippen molar-refractivity contribution in [2.45, 2.75) is 44.3 Å². The summed E-state index contributed by atoms with van der Waals surface area (Å²) in [4.78, 5) is 0. The molecule has 0 amide bonds. The van der Waals surface area contributed by atoms with E-state index in [0.29, 0.717) is 6.61 Å². The summed E-state index contributed by atoms with van der Waals surface area (Å²) >= 11 is 0. The van der Waals surface area contributed by atoms with E-state index in [9.17, 15) is 4.57 Å². The Morgan fingerprint density at radius 1 is 1.22 bits per heavy atom. The Kier molecular flexibility index (Phi) is 4.26. The minimum absolute atomic E-state index is 0.436. The standard InChI is InChI=1S/C14H22NO2P/c1-2-17-18(16,13-9-5-3-6-10-13)14(15)11-7-4-8-12-14/h3,5-6,9-10H,2,4,7-8,11-12,15H2,1H3. The molecule has 0 saturated heterocycles. The number of benzene rings is 1. The Morgan fingerprint density at radius 3 is 2.39 bits per heavy atom. The van der Waals surface area contributed by atoms with Crippen molar-refractivity contribution in [3.63, 3.8) is 0 Å². The molecule has 1 aromatic rings. The second-order valence-electron chi connectivity index (χ2n) is 4.97. The van der Waals surface area contributed by atoms with Crippen molar-refractivity contribution >= 4 is 12.7 Å². The summed E-state index contributed by atoms with van der Waals surface area (Å²) in [6.07, 6.45) is 4.85. The van der Waals surface area contributed by atoms with E-state index in [-0.39, 0.29) is 0 Å². The first-order chi connectivity index (χ1) is 8.62. The summed E-state index contributed by atoms with van der Waals surface area (Å²) in [7, 11) is -2.98. The molecule has 2 N–H and O–H groups in total. The van der Waals surface area contributed by atoms with Crippen molar-refractivity contribution < 1.29 is 9.09 Å². The first-order valence-corrected chi connectivity index (χ1v) is 8.34. The van der Waals surface area contributed by atoms with Crippen LogP contribution in [0.25, 0.3) is 0 Å². The topological polar surface area (TPSA) is 52.3 Å². The van der Waals surface area contributed by atoms with Gasteiger partial charge in [0.25, 0.3) is 7.37 Å². The van der Waals surface area contributed by atoms with Gasteiger partial charge in [0.1, 0.15) is 0 Å². The maximum absolute atomic E-state index is 13.3. The molecule has 0 bridgehead atoms. The largest absolute Gasteiger partial charge is 0.324 e. The van der Waals surface area contributed by atoms with Gasteiger partial charge in [0.05, 0.1) is 11.9 Å². The van der Waals surface area contributed by atoms with Gasteiger partial charge in [-0.05, 0) is 31.9 Å². The molecule has 18 heavy (non-hydrogen) atoms. The van der Waals surface area contributed by atoms with Crippen LogP contribution in [0, 0.1) is 0 Å². The van der Waals surface area contributed by atoms with E-state index in [1.165, 1.54) is 6.42 Å². The van der Waals surface area contributed by atoms with Crippen molar-refractivity contribution in [2.75, 3.05) is 6.61 Å². The minimum Gasteiger partial charge on any atom is -0.324 e. The molecule has 1 aromatic carbocycles. The van der Waals surface area contributed by atoms with E-state index in [4.69, 9.17) is 10.3 Å². The Bertz CT molecular complexity index is 427. The highest BCUT2D eigenvalue weighted by Gasteiger charge is 2.47. The normalized spacial score (nSPS) is 22.3. The third kappa shape index (κ3) is 2.40. The molecule has 3 nitrogen and oxygen atoms in total. The molecule has 1 aliphatic rings. The van der Waals surface area contributed by atoms with Crippen molar-refractivity contribution in [2.24, 2.45) is 5.73 Å². The number of hydrogen-bond donors (Lipinski definition) is 1. The summed E-state index contributed by atoms with van der Waals surface area (Å²) in [5.41, 5.74) is 6.47. The van der Waals surface area contributed by atoms with Gasteiger partial charge < -0.3 is 10.3 Å². The molecule has 0 radical (unpaired) electrons. The smallest absolute Gasteiger partial charge is 0.251 e. The number of nitrogens with two attached hydrogens (primary N) is 1. The van der Waals surface area contributed by atoms with E-state index in [0.717, 1.165) is 31.0 Å². The first-order valence-electron chi connectivity index (χ1n) is 6.71. The van der Waals surface area contributed by atoms with Gasteiger partial charge in [-0.1, -0.05) is 37.5 Å². The van der Waals surface area contributed by atoms with Crippen LogP contribution in [-0.2, 0) is 9.09 Å². The van der Waals surface area contributed by atoms with Crippen LogP contribution in [0.15, 0.2) is 30.3 Å². The quantitative estimate of drug-likeness (QED) is 0.852. The Hall–Kier alpha value is -0.630. The highest BCUT2D eigenvalue weighted by molar-refractivity contribution is 7.68. The second-order valence-corrected chi connectivity index (χ2v) is 7.74. The first kappa shape index (κ1) is 13.8. The van der Waals surface area contributed by atoms with Crippen molar-refractivity contribution in [3.05, 3.63) is 30.3 Å². The van der Waals surface area contributed by atoms with Crippen LogP contribution in [0.4, 0.5) is 0 Å². The van der Waals surface area contributed by atoms with Crippen LogP contribution in [-0.4, -0.2) is 11.9 Å². The number of rotatable bonds is 4. The summed E-state index contributed by atoms with van der Waals surface area (Å²) < 4.78 is 19.0. The van der Waals surface area contributed by atoms with Crippen molar-refractivity contribution in [1.82, 2.24) is 0 Å². The van der Waals surface area contributed by atoms with Crippen LogP contribution >= 0.6 is 7.37 Å².